The summed E-state index contributed by atoms with van der Waals surface area (Å²) >= 11 is 0. The summed E-state index contributed by atoms with van der Waals surface area (Å²) in [6, 6.07) is 8.58. The zero-order chi connectivity index (χ0) is 11.4. The minimum Gasteiger partial charge on any atom is -0.493 e. The Kier molecular flexibility index (Phi) is 3.48. The fourth-order valence-corrected chi connectivity index (χ4v) is 2.05. The van der Waals surface area contributed by atoms with Crippen molar-refractivity contribution in [2.24, 2.45) is 5.92 Å². The molecule has 2 rings (SSSR count). The van der Waals surface area contributed by atoms with E-state index in [9.17, 15) is 0 Å². The van der Waals surface area contributed by atoms with Crippen LogP contribution in [0, 0.1) is 17.8 Å². The first-order valence-corrected chi connectivity index (χ1v) is 5.67. The average Bonchev–Trinajstić information content (AvgIpc) is 2.32. The molecule has 2 atom stereocenters. The van der Waals surface area contributed by atoms with Gasteiger partial charge >= 0.3 is 0 Å². The minimum absolute atomic E-state index is 0.353. The lowest BCUT2D eigenvalue weighted by Crippen LogP contribution is -2.34. The second kappa shape index (κ2) is 5.05. The highest BCUT2D eigenvalue weighted by Gasteiger charge is 2.26. The van der Waals surface area contributed by atoms with Gasteiger partial charge < -0.3 is 4.74 Å². The summed E-state index contributed by atoms with van der Waals surface area (Å²) in [4.78, 5) is 0. The molecule has 1 aliphatic heterocycles. The molecule has 84 valence electrons. The molecule has 16 heavy (non-hydrogen) atoms. The molecule has 2 heteroatoms. The average molecular weight is 215 g/mol. The maximum absolute atomic E-state index is 5.70. The number of benzene rings is 1. The lowest BCUT2D eigenvalue weighted by atomic mass is 9.92. The van der Waals surface area contributed by atoms with E-state index < -0.39 is 0 Å². The van der Waals surface area contributed by atoms with Gasteiger partial charge in [-0.2, -0.15) is 0 Å². The zero-order valence-corrected chi connectivity index (χ0v) is 9.79. The predicted octanol–water partition coefficient (Wildman–Crippen LogP) is 2.37. The number of hydrogen-bond donors (Lipinski definition) is 1. The Morgan fingerprint density at radius 3 is 3.06 bits per heavy atom. The van der Waals surface area contributed by atoms with E-state index in [0.29, 0.717) is 12.0 Å². The zero-order valence-electron chi connectivity index (χ0n) is 9.79. The molecular formula is C14H17NO. The highest BCUT2D eigenvalue weighted by Crippen LogP contribution is 2.34. The van der Waals surface area contributed by atoms with Crippen molar-refractivity contribution >= 4 is 0 Å². The smallest absolute Gasteiger partial charge is 0.124 e. The fourth-order valence-electron chi connectivity index (χ4n) is 2.05. The lowest BCUT2D eigenvalue weighted by molar-refractivity contribution is 0.191. The summed E-state index contributed by atoms with van der Waals surface area (Å²) < 4.78 is 5.70. The fraction of sp³-hybridized carbons (Fsp3) is 0.429. The SMILES string of the molecule is CC#CCNC1c2ccccc2OCC1C. The van der Waals surface area contributed by atoms with Gasteiger partial charge in [-0.1, -0.05) is 31.0 Å². The van der Waals surface area contributed by atoms with Crippen molar-refractivity contribution < 1.29 is 4.74 Å². The van der Waals surface area contributed by atoms with Gasteiger partial charge in [-0.05, 0) is 13.0 Å². The van der Waals surface area contributed by atoms with Crippen LogP contribution in [0.15, 0.2) is 24.3 Å². The van der Waals surface area contributed by atoms with E-state index >= 15 is 0 Å². The third-order valence-corrected chi connectivity index (χ3v) is 2.91. The molecule has 0 spiro atoms. The molecule has 0 aromatic heterocycles. The molecule has 0 bridgehead atoms. The summed E-state index contributed by atoms with van der Waals surface area (Å²) in [5.41, 5.74) is 1.25. The van der Waals surface area contributed by atoms with Crippen molar-refractivity contribution in [1.29, 1.82) is 0 Å². The second-order valence-electron chi connectivity index (χ2n) is 4.11. The largest absolute Gasteiger partial charge is 0.493 e. The number of nitrogens with one attached hydrogen (secondary N) is 1. The standard InChI is InChI=1S/C14H17NO/c1-3-4-9-15-14-11(2)10-16-13-8-6-5-7-12(13)14/h5-8,11,14-15H,9-10H2,1-2H3. The van der Waals surface area contributed by atoms with Crippen molar-refractivity contribution in [3.63, 3.8) is 0 Å². The topological polar surface area (TPSA) is 21.3 Å². The summed E-state index contributed by atoms with van der Waals surface area (Å²) in [6.45, 7) is 5.57. The molecule has 2 nitrogen and oxygen atoms in total. The van der Waals surface area contributed by atoms with Crippen molar-refractivity contribution in [1.82, 2.24) is 5.32 Å². The third kappa shape index (κ3) is 2.20. The molecule has 1 aromatic carbocycles. The Bertz CT molecular complexity index is 416. The molecule has 0 saturated carbocycles. The van der Waals surface area contributed by atoms with Gasteiger partial charge in [-0.3, -0.25) is 5.32 Å². The lowest BCUT2D eigenvalue weighted by Gasteiger charge is -2.31. The monoisotopic (exact) mass is 215 g/mol. The van der Waals surface area contributed by atoms with Gasteiger partial charge in [0.05, 0.1) is 13.2 Å². The molecule has 1 heterocycles. The van der Waals surface area contributed by atoms with Crippen LogP contribution in [0.25, 0.3) is 0 Å². The van der Waals surface area contributed by atoms with Crippen LogP contribution in [0.4, 0.5) is 0 Å². The second-order valence-corrected chi connectivity index (χ2v) is 4.11. The van der Waals surface area contributed by atoms with E-state index in [-0.39, 0.29) is 0 Å². The van der Waals surface area contributed by atoms with Crippen LogP contribution in [0.3, 0.4) is 0 Å². The highest BCUT2D eigenvalue weighted by molar-refractivity contribution is 5.38. The molecule has 1 N–H and O–H groups in total. The normalized spacial score (nSPS) is 22.6. The summed E-state index contributed by atoms with van der Waals surface area (Å²) in [7, 11) is 0. The molecule has 2 unspecified atom stereocenters. The van der Waals surface area contributed by atoms with E-state index in [1.807, 2.05) is 19.1 Å². The molecule has 1 aromatic rings. The number of rotatable bonds is 2. The molecule has 0 aliphatic carbocycles. The minimum atomic E-state index is 0.353. The van der Waals surface area contributed by atoms with Gasteiger partial charge in [-0.25, -0.2) is 0 Å². The summed E-state index contributed by atoms with van der Waals surface area (Å²) in [5, 5.41) is 3.47. The predicted molar refractivity (Wildman–Crippen MR) is 65.3 cm³/mol. The van der Waals surface area contributed by atoms with Crippen LogP contribution in [-0.4, -0.2) is 13.2 Å². The Morgan fingerprint density at radius 2 is 2.25 bits per heavy atom. The first kappa shape index (κ1) is 11.0. The molecule has 0 saturated heterocycles. The van der Waals surface area contributed by atoms with Crippen LogP contribution >= 0.6 is 0 Å². The van der Waals surface area contributed by atoms with Gasteiger partial charge in [0.15, 0.2) is 0 Å². The summed E-state index contributed by atoms with van der Waals surface area (Å²) in [6.07, 6.45) is 0. The van der Waals surface area contributed by atoms with E-state index in [1.54, 1.807) is 0 Å². The van der Waals surface area contributed by atoms with Crippen molar-refractivity contribution in [3.8, 4) is 17.6 Å². The molecule has 0 radical (unpaired) electrons. The first-order chi connectivity index (χ1) is 7.83. The van der Waals surface area contributed by atoms with E-state index in [2.05, 4.69) is 36.2 Å². The van der Waals surface area contributed by atoms with Gasteiger partial charge in [0, 0.05) is 17.5 Å². The molecule has 0 amide bonds. The molecule has 0 fully saturated rings. The Labute approximate surface area is 97.0 Å². The van der Waals surface area contributed by atoms with Gasteiger partial charge in [0.1, 0.15) is 5.75 Å². The Hall–Kier alpha value is -1.46. The van der Waals surface area contributed by atoms with Crippen LogP contribution in [0.1, 0.15) is 25.5 Å². The van der Waals surface area contributed by atoms with Crippen LogP contribution in [0.5, 0.6) is 5.75 Å². The first-order valence-electron chi connectivity index (χ1n) is 5.67. The Morgan fingerprint density at radius 1 is 1.44 bits per heavy atom. The van der Waals surface area contributed by atoms with Crippen molar-refractivity contribution in [2.45, 2.75) is 19.9 Å². The maximum Gasteiger partial charge on any atom is 0.124 e. The van der Waals surface area contributed by atoms with E-state index in [0.717, 1.165) is 18.9 Å². The number of para-hydroxylation sites is 1. The van der Waals surface area contributed by atoms with Crippen LogP contribution in [-0.2, 0) is 0 Å². The highest BCUT2D eigenvalue weighted by atomic mass is 16.5. The Balaban J connectivity index is 2.18. The maximum atomic E-state index is 5.70. The quantitative estimate of drug-likeness (QED) is 0.765. The number of ether oxygens (including phenoxy) is 1. The van der Waals surface area contributed by atoms with Gasteiger partial charge in [0.25, 0.3) is 0 Å². The molecular weight excluding hydrogens is 198 g/mol. The number of fused-ring (bicyclic) bond motifs is 1. The third-order valence-electron chi connectivity index (χ3n) is 2.91. The van der Waals surface area contributed by atoms with Crippen LogP contribution < -0.4 is 10.1 Å². The van der Waals surface area contributed by atoms with Gasteiger partial charge in [-0.15, -0.1) is 5.92 Å². The molecule has 1 aliphatic rings. The van der Waals surface area contributed by atoms with Crippen molar-refractivity contribution in [3.05, 3.63) is 29.8 Å². The van der Waals surface area contributed by atoms with Crippen LogP contribution in [0.2, 0.25) is 0 Å². The van der Waals surface area contributed by atoms with Crippen molar-refractivity contribution in [2.75, 3.05) is 13.2 Å². The van der Waals surface area contributed by atoms with E-state index in [1.165, 1.54) is 5.56 Å². The van der Waals surface area contributed by atoms with Gasteiger partial charge in [0.2, 0.25) is 0 Å². The summed E-state index contributed by atoms with van der Waals surface area (Å²) in [5.74, 6) is 7.43. The van der Waals surface area contributed by atoms with E-state index in [4.69, 9.17) is 4.74 Å². The number of hydrogen-bond acceptors (Lipinski definition) is 2.